The van der Waals surface area contributed by atoms with Gasteiger partial charge < -0.3 is 15.3 Å². The lowest BCUT2D eigenvalue weighted by molar-refractivity contribution is -0.121. The molecule has 2 aromatic carbocycles. The zero-order valence-electron chi connectivity index (χ0n) is 18.7. The maximum Gasteiger partial charge on any atom is 0.238 e. The molecule has 0 bridgehead atoms. The Hall–Kier alpha value is -2.71. The van der Waals surface area contributed by atoms with Gasteiger partial charge in [0.15, 0.2) is 14.6 Å². The van der Waals surface area contributed by atoms with E-state index in [-0.39, 0.29) is 6.42 Å². The molecule has 2 N–H and O–H groups in total. The summed E-state index contributed by atoms with van der Waals surface area (Å²) in [7, 11) is -1.98. The summed E-state index contributed by atoms with van der Waals surface area (Å²) in [5.41, 5.74) is 10.5. The molecule has 0 saturated carbocycles. The Kier molecular flexibility index (Phi) is 7.36. The van der Waals surface area contributed by atoms with Crippen molar-refractivity contribution in [2.24, 2.45) is 10.9 Å². The molecule has 0 radical (unpaired) electrons. The molecule has 1 amide bonds. The van der Waals surface area contributed by atoms with Crippen molar-refractivity contribution in [2.45, 2.75) is 43.5 Å². The molecule has 0 aliphatic carbocycles. The van der Waals surface area contributed by atoms with Gasteiger partial charge in [0.2, 0.25) is 5.91 Å². The topological polar surface area (TPSA) is 108 Å². The molecule has 8 heteroatoms. The summed E-state index contributed by atoms with van der Waals surface area (Å²) in [6, 6.07) is 16.5. The van der Waals surface area contributed by atoms with Crippen molar-refractivity contribution in [3.63, 3.8) is 0 Å². The maximum absolute atomic E-state index is 12.1. The molecule has 0 saturated heterocycles. The minimum atomic E-state index is -3.69. The second kappa shape index (κ2) is 9.83. The Balaban J connectivity index is 1.64. The summed E-state index contributed by atoms with van der Waals surface area (Å²) in [6.45, 7) is 2.09. The van der Waals surface area contributed by atoms with Crippen molar-refractivity contribution in [3.8, 4) is 11.1 Å². The Bertz CT molecular complexity index is 1080. The predicted octanol–water partition coefficient (Wildman–Crippen LogP) is 3.10. The van der Waals surface area contributed by atoms with Gasteiger partial charge in [0.1, 0.15) is 6.10 Å². The quantitative estimate of drug-likeness (QED) is 0.551. The van der Waals surface area contributed by atoms with E-state index in [9.17, 15) is 13.2 Å². The van der Waals surface area contributed by atoms with Gasteiger partial charge in [0.25, 0.3) is 0 Å². The molecule has 1 aliphatic rings. The fourth-order valence-electron chi connectivity index (χ4n) is 3.72. The van der Waals surface area contributed by atoms with E-state index in [0.29, 0.717) is 6.42 Å². The van der Waals surface area contributed by atoms with Crippen molar-refractivity contribution < 1.29 is 22.8 Å². The summed E-state index contributed by atoms with van der Waals surface area (Å²) < 4.78 is 27.6. The van der Waals surface area contributed by atoms with Crippen molar-refractivity contribution in [1.82, 2.24) is 0 Å². The Morgan fingerprint density at radius 2 is 1.69 bits per heavy atom. The zero-order valence-corrected chi connectivity index (χ0v) is 19.5. The first kappa shape index (κ1) is 23.9. The van der Waals surface area contributed by atoms with Crippen LogP contribution in [-0.2, 0) is 30.6 Å². The summed E-state index contributed by atoms with van der Waals surface area (Å²) in [4.78, 5) is 17.2. The number of carbonyl (C=O) groups is 1. The number of nitrogens with two attached hydrogens (primary N) is 1. The van der Waals surface area contributed by atoms with Crippen LogP contribution in [0.3, 0.4) is 0 Å². The van der Waals surface area contributed by atoms with Crippen LogP contribution in [0.5, 0.6) is 0 Å². The first-order chi connectivity index (χ1) is 15.1. The van der Waals surface area contributed by atoms with Crippen molar-refractivity contribution in [1.29, 1.82) is 0 Å². The molecule has 2 atom stereocenters. The van der Waals surface area contributed by atoms with E-state index in [2.05, 4.69) is 29.4 Å². The highest BCUT2D eigenvalue weighted by atomic mass is 32.2. The van der Waals surface area contributed by atoms with E-state index in [1.54, 1.807) is 7.11 Å². The molecule has 1 aliphatic heterocycles. The lowest BCUT2D eigenvalue weighted by atomic mass is 9.95. The van der Waals surface area contributed by atoms with Crippen LogP contribution in [0.15, 0.2) is 53.7 Å². The van der Waals surface area contributed by atoms with E-state index in [1.807, 2.05) is 24.3 Å². The number of amides is 1. The SMILES string of the molecule is COCCCc1ccc(-c2ccc(C3=NO[C@@H](C[C@](C)(C(N)=O)S(C)(=O)=O)C3)cc2)cc1. The molecule has 3 rings (SSSR count). The summed E-state index contributed by atoms with van der Waals surface area (Å²) in [5, 5.41) is 4.12. The number of oxime groups is 1. The normalized spacial score (nSPS) is 18.0. The van der Waals surface area contributed by atoms with Crippen molar-refractivity contribution in [2.75, 3.05) is 20.0 Å². The maximum atomic E-state index is 12.1. The predicted molar refractivity (Wildman–Crippen MR) is 125 cm³/mol. The van der Waals surface area contributed by atoms with E-state index in [0.717, 1.165) is 48.1 Å². The van der Waals surface area contributed by atoms with Crippen LogP contribution in [-0.4, -0.2) is 50.9 Å². The van der Waals surface area contributed by atoms with Gasteiger partial charge in [0.05, 0.1) is 5.71 Å². The number of primary amides is 1. The third-order valence-corrected chi connectivity index (χ3v) is 8.01. The van der Waals surface area contributed by atoms with Crippen LogP contribution in [0.2, 0.25) is 0 Å². The van der Waals surface area contributed by atoms with Gasteiger partial charge in [-0.15, -0.1) is 0 Å². The lowest BCUT2D eigenvalue weighted by Gasteiger charge is -2.25. The first-order valence-corrected chi connectivity index (χ1v) is 12.4. The monoisotopic (exact) mass is 458 g/mol. The van der Waals surface area contributed by atoms with E-state index in [1.165, 1.54) is 12.5 Å². The average molecular weight is 459 g/mol. The van der Waals surface area contributed by atoms with Gasteiger partial charge in [-0.05, 0) is 42.0 Å². The molecule has 0 spiro atoms. The lowest BCUT2D eigenvalue weighted by Crippen LogP contribution is -2.49. The largest absolute Gasteiger partial charge is 0.392 e. The van der Waals surface area contributed by atoms with Gasteiger partial charge in [-0.3, -0.25) is 4.79 Å². The molecular formula is C24H30N2O5S. The molecular weight excluding hydrogens is 428 g/mol. The number of rotatable bonds is 10. The van der Waals surface area contributed by atoms with Gasteiger partial charge >= 0.3 is 0 Å². The highest BCUT2D eigenvalue weighted by Gasteiger charge is 2.45. The zero-order chi connectivity index (χ0) is 23.4. The van der Waals surface area contributed by atoms with Gasteiger partial charge in [-0.25, -0.2) is 8.42 Å². The van der Waals surface area contributed by atoms with Crippen molar-refractivity contribution in [3.05, 3.63) is 59.7 Å². The van der Waals surface area contributed by atoms with E-state index >= 15 is 0 Å². The molecule has 32 heavy (non-hydrogen) atoms. The van der Waals surface area contributed by atoms with Gasteiger partial charge in [0, 0.05) is 32.8 Å². The van der Waals surface area contributed by atoms with Gasteiger partial charge in [-0.2, -0.15) is 0 Å². The summed E-state index contributed by atoms with van der Waals surface area (Å²) >= 11 is 0. The number of methoxy groups -OCH3 is 1. The Morgan fingerprint density at radius 3 is 2.22 bits per heavy atom. The van der Waals surface area contributed by atoms with Crippen LogP contribution >= 0.6 is 0 Å². The molecule has 172 valence electrons. The third-order valence-electron chi connectivity index (χ3n) is 6.01. The standard InChI is InChI=1S/C24H30N2O5S/c1-24(23(25)27,32(3,28)29)16-21-15-22(26-31-21)20-12-10-19(11-13-20)18-8-6-17(7-9-18)5-4-14-30-2/h6-13,21H,4-5,14-16H2,1-3H3,(H2,25,27)/t21-,24-/m1/s1. The van der Waals surface area contributed by atoms with Crippen molar-refractivity contribution >= 4 is 21.5 Å². The number of benzene rings is 2. The van der Waals surface area contributed by atoms with Gasteiger partial charge in [-0.1, -0.05) is 53.7 Å². The highest BCUT2D eigenvalue weighted by molar-refractivity contribution is 7.92. The first-order valence-electron chi connectivity index (χ1n) is 10.5. The number of aryl methyl sites for hydroxylation is 1. The summed E-state index contributed by atoms with van der Waals surface area (Å²) in [6.07, 6.45) is 2.85. The second-order valence-electron chi connectivity index (χ2n) is 8.41. The third kappa shape index (κ3) is 5.37. The number of hydrogen-bond donors (Lipinski definition) is 1. The highest BCUT2D eigenvalue weighted by Crippen LogP contribution is 2.29. The Morgan fingerprint density at radius 1 is 1.12 bits per heavy atom. The van der Waals surface area contributed by atoms with Crippen LogP contribution < -0.4 is 5.73 Å². The number of ether oxygens (including phenoxy) is 1. The second-order valence-corrected chi connectivity index (χ2v) is 10.9. The van der Waals surface area contributed by atoms with Crippen LogP contribution in [0.25, 0.3) is 11.1 Å². The minimum absolute atomic E-state index is 0.0387. The van der Waals surface area contributed by atoms with E-state index in [4.69, 9.17) is 15.3 Å². The minimum Gasteiger partial charge on any atom is -0.392 e. The molecule has 0 unspecified atom stereocenters. The Labute approximate surface area is 189 Å². The number of nitrogens with zero attached hydrogens (tertiary/aromatic N) is 1. The molecule has 0 fully saturated rings. The average Bonchev–Trinajstić information content (AvgIpc) is 3.22. The molecule has 1 heterocycles. The number of sulfone groups is 1. The fourth-order valence-corrected chi connectivity index (χ4v) is 4.57. The van der Waals surface area contributed by atoms with Crippen LogP contribution in [0, 0.1) is 0 Å². The van der Waals surface area contributed by atoms with Crippen LogP contribution in [0.4, 0.5) is 0 Å². The van der Waals surface area contributed by atoms with Crippen LogP contribution in [0.1, 0.15) is 37.3 Å². The number of carbonyl (C=O) groups excluding carboxylic acids is 1. The molecule has 7 nitrogen and oxygen atoms in total. The van der Waals surface area contributed by atoms with E-state index < -0.39 is 26.6 Å². The summed E-state index contributed by atoms with van der Waals surface area (Å²) in [5.74, 6) is -0.883. The molecule has 2 aromatic rings. The molecule has 0 aromatic heterocycles. The number of hydrogen-bond acceptors (Lipinski definition) is 6. The fraction of sp³-hybridized carbons (Fsp3) is 0.417. The smallest absolute Gasteiger partial charge is 0.238 e.